The number of anilines is 1. The topological polar surface area (TPSA) is 77.1 Å². The summed E-state index contributed by atoms with van der Waals surface area (Å²) in [6.07, 6.45) is 3.47. The summed E-state index contributed by atoms with van der Waals surface area (Å²) >= 11 is 0. The Morgan fingerprint density at radius 1 is 1.41 bits per heavy atom. The number of aromatic nitrogens is 2. The maximum Gasteiger partial charge on any atom is 0.229 e. The molecule has 0 saturated heterocycles. The molecule has 2 aromatic heterocycles. The van der Waals surface area contributed by atoms with Gasteiger partial charge in [-0.1, -0.05) is 5.16 Å². The maximum absolute atomic E-state index is 5.70. The molecule has 0 unspecified atom stereocenters. The van der Waals surface area contributed by atoms with Crippen LogP contribution in [0.1, 0.15) is 0 Å². The smallest absolute Gasteiger partial charge is 0.229 e. The molecule has 3 N–H and O–H groups in total. The summed E-state index contributed by atoms with van der Waals surface area (Å²) in [5, 5.41) is 4.70. The zero-order valence-corrected chi connectivity index (χ0v) is 9.23. The van der Waals surface area contributed by atoms with Crippen LogP contribution in [0.5, 0.6) is 5.75 Å². The number of nitrogen functional groups attached to an aromatic ring is 1. The monoisotopic (exact) mass is 229 g/mol. The highest BCUT2D eigenvalue weighted by Gasteiger charge is 2.11. The number of fused-ring (bicyclic) bond motifs is 1. The number of hydrogen-bond acceptors (Lipinski definition) is 4. The average molecular weight is 229 g/mol. The van der Waals surface area contributed by atoms with Gasteiger partial charge in [0.2, 0.25) is 5.88 Å². The molecule has 0 bridgehead atoms. The zero-order chi connectivity index (χ0) is 11.8. The molecule has 0 aliphatic rings. The Morgan fingerprint density at radius 2 is 2.29 bits per heavy atom. The van der Waals surface area contributed by atoms with Gasteiger partial charge in [-0.3, -0.25) is 0 Å². The molecule has 0 saturated carbocycles. The van der Waals surface area contributed by atoms with Crippen LogP contribution in [-0.2, 0) is 0 Å². The minimum absolute atomic E-state index is 0.304. The number of aromatic amines is 1. The minimum atomic E-state index is 0.304. The molecule has 0 atom stereocenters. The van der Waals surface area contributed by atoms with Crippen LogP contribution < -0.4 is 10.5 Å². The second-order valence-electron chi connectivity index (χ2n) is 3.72. The molecule has 5 heteroatoms. The highest BCUT2D eigenvalue weighted by molar-refractivity contribution is 5.91. The van der Waals surface area contributed by atoms with E-state index in [1.54, 1.807) is 13.3 Å². The first-order valence-corrected chi connectivity index (χ1v) is 5.15. The Labute approximate surface area is 97.2 Å². The third-order valence-corrected chi connectivity index (χ3v) is 2.76. The van der Waals surface area contributed by atoms with E-state index in [9.17, 15) is 0 Å². The predicted octanol–water partition coefficient (Wildman–Crippen LogP) is 2.41. The van der Waals surface area contributed by atoms with E-state index in [1.165, 1.54) is 0 Å². The molecule has 1 aromatic carbocycles. The summed E-state index contributed by atoms with van der Waals surface area (Å²) < 4.78 is 10.2. The Morgan fingerprint density at radius 3 is 3.00 bits per heavy atom. The predicted molar refractivity (Wildman–Crippen MR) is 64.8 cm³/mol. The van der Waals surface area contributed by atoms with Gasteiger partial charge in [0, 0.05) is 17.1 Å². The number of H-pyrrole nitrogens is 1. The van der Waals surface area contributed by atoms with Gasteiger partial charge in [0.05, 0.1) is 18.9 Å². The summed E-state index contributed by atoms with van der Waals surface area (Å²) in [4.78, 5) is 3.14. The number of rotatable bonds is 2. The van der Waals surface area contributed by atoms with Gasteiger partial charge >= 0.3 is 0 Å². The Kier molecular flexibility index (Phi) is 2.04. The van der Waals surface area contributed by atoms with Gasteiger partial charge in [-0.05, 0) is 23.8 Å². The van der Waals surface area contributed by atoms with E-state index in [2.05, 4.69) is 10.1 Å². The summed E-state index contributed by atoms with van der Waals surface area (Å²) in [5.74, 6) is 1.09. The number of nitrogens with two attached hydrogens (primary N) is 1. The van der Waals surface area contributed by atoms with E-state index in [0.29, 0.717) is 5.88 Å². The molecule has 0 fully saturated rings. The standard InChI is InChI=1S/C12H11N3O2/c1-16-11-5-7(9-6-15-17-12(9)13)4-10-8(11)2-3-14-10/h2-6,14H,13H2,1H3. The van der Waals surface area contributed by atoms with Crippen LogP contribution in [0.4, 0.5) is 5.88 Å². The number of benzene rings is 1. The van der Waals surface area contributed by atoms with E-state index in [1.807, 2.05) is 24.4 Å². The van der Waals surface area contributed by atoms with E-state index >= 15 is 0 Å². The van der Waals surface area contributed by atoms with Crippen LogP contribution >= 0.6 is 0 Å². The van der Waals surface area contributed by atoms with Crippen molar-refractivity contribution in [2.24, 2.45) is 0 Å². The molecule has 0 spiro atoms. The Hall–Kier alpha value is -2.43. The highest BCUT2D eigenvalue weighted by atomic mass is 16.5. The number of ether oxygens (including phenoxy) is 1. The first-order chi connectivity index (χ1) is 8.29. The van der Waals surface area contributed by atoms with Crippen LogP contribution in [0.15, 0.2) is 35.1 Å². The number of methoxy groups -OCH3 is 1. The fourth-order valence-corrected chi connectivity index (χ4v) is 1.92. The second-order valence-corrected chi connectivity index (χ2v) is 3.72. The highest BCUT2D eigenvalue weighted by Crippen LogP contribution is 2.34. The van der Waals surface area contributed by atoms with Crippen molar-refractivity contribution in [1.82, 2.24) is 10.1 Å². The lowest BCUT2D eigenvalue weighted by atomic mass is 10.1. The molecule has 17 heavy (non-hydrogen) atoms. The fraction of sp³-hybridized carbons (Fsp3) is 0.0833. The minimum Gasteiger partial charge on any atom is -0.496 e. The van der Waals surface area contributed by atoms with Crippen molar-refractivity contribution in [1.29, 1.82) is 0 Å². The SMILES string of the molecule is COc1cc(-c2cnoc2N)cc2[nH]ccc12. The van der Waals surface area contributed by atoms with Crippen molar-refractivity contribution < 1.29 is 9.26 Å². The molecule has 0 radical (unpaired) electrons. The molecule has 0 aliphatic carbocycles. The number of nitrogens with one attached hydrogen (secondary N) is 1. The van der Waals surface area contributed by atoms with Gasteiger partial charge in [-0.15, -0.1) is 0 Å². The molecule has 0 aliphatic heterocycles. The lowest BCUT2D eigenvalue weighted by Crippen LogP contribution is -1.88. The average Bonchev–Trinajstić information content (AvgIpc) is 2.95. The molecule has 5 nitrogen and oxygen atoms in total. The normalized spacial score (nSPS) is 10.9. The quantitative estimate of drug-likeness (QED) is 0.707. The van der Waals surface area contributed by atoms with Gasteiger partial charge < -0.3 is 20.0 Å². The van der Waals surface area contributed by atoms with Crippen LogP contribution in [0, 0.1) is 0 Å². The number of nitrogens with zero attached hydrogens (tertiary/aromatic N) is 1. The second kappa shape index (κ2) is 3.55. The van der Waals surface area contributed by atoms with Crippen molar-refractivity contribution in [3.63, 3.8) is 0 Å². The van der Waals surface area contributed by atoms with E-state index in [4.69, 9.17) is 15.0 Å². The van der Waals surface area contributed by atoms with E-state index in [0.717, 1.165) is 27.8 Å². The van der Waals surface area contributed by atoms with Crippen molar-refractivity contribution in [2.75, 3.05) is 12.8 Å². The summed E-state index contributed by atoms with van der Waals surface area (Å²) in [6, 6.07) is 5.87. The zero-order valence-electron chi connectivity index (χ0n) is 9.23. The van der Waals surface area contributed by atoms with Gasteiger partial charge in [0.25, 0.3) is 0 Å². The summed E-state index contributed by atoms with van der Waals surface area (Å²) in [5.41, 5.74) is 8.37. The molecular formula is C12H11N3O2. The van der Waals surface area contributed by atoms with Crippen LogP contribution in [0.3, 0.4) is 0 Å². The third-order valence-electron chi connectivity index (χ3n) is 2.76. The Bertz CT molecular complexity index is 669. The first kappa shape index (κ1) is 9.77. The van der Waals surface area contributed by atoms with Crippen LogP contribution in [0.2, 0.25) is 0 Å². The van der Waals surface area contributed by atoms with Crippen molar-refractivity contribution >= 4 is 16.8 Å². The van der Waals surface area contributed by atoms with Gasteiger partial charge in [0.1, 0.15) is 5.75 Å². The Balaban J connectivity index is 2.27. The summed E-state index contributed by atoms with van der Waals surface area (Å²) in [7, 11) is 1.64. The lowest BCUT2D eigenvalue weighted by molar-refractivity contribution is 0.420. The van der Waals surface area contributed by atoms with Gasteiger partial charge in [-0.2, -0.15) is 0 Å². The van der Waals surface area contributed by atoms with Gasteiger partial charge in [0.15, 0.2) is 0 Å². The molecule has 2 heterocycles. The molecule has 3 rings (SSSR count). The molecular weight excluding hydrogens is 218 g/mol. The number of hydrogen-bond donors (Lipinski definition) is 2. The lowest BCUT2D eigenvalue weighted by Gasteiger charge is -2.05. The largest absolute Gasteiger partial charge is 0.496 e. The van der Waals surface area contributed by atoms with E-state index in [-0.39, 0.29) is 0 Å². The summed E-state index contributed by atoms with van der Waals surface area (Å²) in [6.45, 7) is 0. The maximum atomic E-state index is 5.70. The van der Waals surface area contributed by atoms with Crippen molar-refractivity contribution in [2.45, 2.75) is 0 Å². The van der Waals surface area contributed by atoms with E-state index < -0.39 is 0 Å². The van der Waals surface area contributed by atoms with Crippen LogP contribution in [0.25, 0.3) is 22.0 Å². The molecule has 3 aromatic rings. The fourth-order valence-electron chi connectivity index (χ4n) is 1.92. The molecule has 86 valence electrons. The van der Waals surface area contributed by atoms with Gasteiger partial charge in [-0.25, -0.2) is 0 Å². The first-order valence-electron chi connectivity index (χ1n) is 5.15. The third kappa shape index (κ3) is 1.44. The van der Waals surface area contributed by atoms with Crippen molar-refractivity contribution in [3.05, 3.63) is 30.6 Å². The molecule has 0 amide bonds. The van der Waals surface area contributed by atoms with Crippen molar-refractivity contribution in [3.8, 4) is 16.9 Å². The van der Waals surface area contributed by atoms with Crippen LogP contribution in [-0.4, -0.2) is 17.3 Å².